The van der Waals surface area contributed by atoms with E-state index in [4.69, 9.17) is 0 Å². The molecule has 0 radical (unpaired) electrons. The molecule has 0 aliphatic rings. The molecular weight excluding hydrogens is 319 g/mol. The molecule has 0 saturated heterocycles. The number of anilines is 1. The molecular formula is C18H14F3NO2. The molecule has 1 unspecified atom stereocenters. The molecule has 2 N–H and O–H groups in total. The number of aryl methyl sites for hydroxylation is 1. The van der Waals surface area contributed by atoms with Gasteiger partial charge in [-0.1, -0.05) is 53.8 Å². The van der Waals surface area contributed by atoms with E-state index in [2.05, 4.69) is 11.8 Å². The highest BCUT2D eigenvalue weighted by Crippen LogP contribution is 2.21. The highest BCUT2D eigenvalue weighted by Gasteiger charge is 2.38. The molecule has 2 aromatic rings. The molecule has 0 aromatic heterocycles. The van der Waals surface area contributed by atoms with Gasteiger partial charge in [0.05, 0.1) is 5.69 Å². The lowest BCUT2D eigenvalue weighted by molar-refractivity contribution is -0.167. The van der Waals surface area contributed by atoms with Crippen molar-refractivity contribution in [3.8, 4) is 11.8 Å². The molecule has 0 spiro atoms. The van der Waals surface area contributed by atoms with E-state index in [1.54, 1.807) is 29.6 Å². The van der Waals surface area contributed by atoms with Gasteiger partial charge in [0.2, 0.25) is 0 Å². The van der Waals surface area contributed by atoms with Crippen LogP contribution in [0.1, 0.15) is 22.8 Å². The maximum absolute atomic E-state index is 12.4. The summed E-state index contributed by atoms with van der Waals surface area (Å²) in [6.45, 7) is 1.87. The number of carbonyl (C=O) groups is 1. The number of hydrogen-bond acceptors (Lipinski definition) is 2. The second-order valence-electron chi connectivity index (χ2n) is 5.08. The lowest BCUT2D eigenvalue weighted by Gasteiger charge is -2.09. The van der Waals surface area contributed by atoms with Crippen LogP contribution >= 0.6 is 0 Å². The Labute approximate surface area is 137 Å². The predicted octanol–water partition coefficient (Wildman–Crippen LogP) is 3.58. The number of alkyl halides is 3. The zero-order valence-electron chi connectivity index (χ0n) is 12.7. The minimum atomic E-state index is -4.98. The third kappa shape index (κ3) is 4.61. The standard InChI is InChI=1S/C18H14F3NO2/c1-12-5-4-7-14(11-12)16(23)10-9-13-6-2-3-8-15(13)22-17(24)18(19,20)21/h2-8,11,16,23H,1H3,(H,22,24). The van der Waals surface area contributed by atoms with Crippen molar-refractivity contribution in [2.75, 3.05) is 5.32 Å². The van der Waals surface area contributed by atoms with Crippen LogP contribution in [0.2, 0.25) is 0 Å². The lowest BCUT2D eigenvalue weighted by Crippen LogP contribution is -2.30. The number of aliphatic hydroxyl groups is 1. The monoisotopic (exact) mass is 333 g/mol. The molecule has 3 nitrogen and oxygen atoms in total. The van der Waals surface area contributed by atoms with Gasteiger partial charge in [-0.2, -0.15) is 13.2 Å². The van der Waals surface area contributed by atoms with Gasteiger partial charge >= 0.3 is 12.1 Å². The minimum absolute atomic E-state index is 0.0660. The van der Waals surface area contributed by atoms with Gasteiger partial charge in [0.15, 0.2) is 0 Å². The fourth-order valence-electron chi connectivity index (χ4n) is 1.96. The van der Waals surface area contributed by atoms with Gasteiger partial charge in [-0.15, -0.1) is 0 Å². The SMILES string of the molecule is Cc1cccc(C(O)C#Cc2ccccc2NC(=O)C(F)(F)F)c1. The van der Waals surface area contributed by atoms with Gasteiger partial charge in [0, 0.05) is 5.56 Å². The van der Waals surface area contributed by atoms with Crippen molar-refractivity contribution in [2.45, 2.75) is 19.2 Å². The van der Waals surface area contributed by atoms with E-state index in [1.165, 1.54) is 18.2 Å². The molecule has 0 fully saturated rings. The molecule has 0 saturated carbocycles. The molecule has 124 valence electrons. The van der Waals surface area contributed by atoms with E-state index in [0.29, 0.717) is 5.56 Å². The summed E-state index contributed by atoms with van der Waals surface area (Å²) in [7, 11) is 0. The van der Waals surface area contributed by atoms with E-state index in [1.807, 2.05) is 13.0 Å². The van der Waals surface area contributed by atoms with Crippen LogP contribution in [0, 0.1) is 18.8 Å². The van der Waals surface area contributed by atoms with Crippen LogP contribution in [0.25, 0.3) is 0 Å². The summed E-state index contributed by atoms with van der Waals surface area (Å²) >= 11 is 0. The minimum Gasteiger partial charge on any atom is -0.376 e. The first-order valence-corrected chi connectivity index (χ1v) is 7.01. The summed E-state index contributed by atoms with van der Waals surface area (Å²) in [5.74, 6) is 3.10. The van der Waals surface area contributed by atoms with Crippen molar-refractivity contribution in [2.24, 2.45) is 0 Å². The Morgan fingerprint density at radius 1 is 1.17 bits per heavy atom. The van der Waals surface area contributed by atoms with Crippen LogP contribution < -0.4 is 5.32 Å². The van der Waals surface area contributed by atoms with Crippen molar-refractivity contribution < 1.29 is 23.1 Å². The number of carbonyl (C=O) groups excluding carboxylic acids is 1. The third-order valence-electron chi connectivity index (χ3n) is 3.13. The predicted molar refractivity (Wildman–Crippen MR) is 84.1 cm³/mol. The van der Waals surface area contributed by atoms with Crippen molar-refractivity contribution >= 4 is 11.6 Å². The van der Waals surface area contributed by atoms with Crippen molar-refractivity contribution in [1.29, 1.82) is 0 Å². The van der Waals surface area contributed by atoms with Gasteiger partial charge in [-0.25, -0.2) is 0 Å². The van der Waals surface area contributed by atoms with Gasteiger partial charge < -0.3 is 10.4 Å². The lowest BCUT2D eigenvalue weighted by atomic mass is 10.1. The third-order valence-corrected chi connectivity index (χ3v) is 3.13. The maximum atomic E-state index is 12.4. The van der Waals surface area contributed by atoms with Gasteiger partial charge in [0.25, 0.3) is 0 Å². The molecule has 0 bridgehead atoms. The number of amides is 1. The summed E-state index contributed by atoms with van der Waals surface area (Å²) in [6.07, 6.45) is -6.07. The first-order chi connectivity index (χ1) is 11.3. The van der Waals surface area contributed by atoms with Crippen molar-refractivity contribution in [1.82, 2.24) is 0 Å². The van der Waals surface area contributed by atoms with Crippen LogP contribution in [-0.2, 0) is 4.79 Å². The molecule has 6 heteroatoms. The number of hydrogen-bond donors (Lipinski definition) is 2. The highest BCUT2D eigenvalue weighted by molar-refractivity contribution is 5.96. The molecule has 0 heterocycles. The smallest absolute Gasteiger partial charge is 0.376 e. The number of nitrogens with one attached hydrogen (secondary N) is 1. The van der Waals surface area contributed by atoms with Crippen LogP contribution in [-0.4, -0.2) is 17.2 Å². The zero-order chi connectivity index (χ0) is 17.7. The average Bonchev–Trinajstić information content (AvgIpc) is 2.52. The number of aliphatic hydroxyl groups excluding tert-OH is 1. The second-order valence-corrected chi connectivity index (χ2v) is 5.08. The van der Waals surface area contributed by atoms with E-state index < -0.39 is 18.2 Å². The summed E-state index contributed by atoms with van der Waals surface area (Å²) in [4.78, 5) is 11.0. The first kappa shape index (κ1) is 17.6. The Kier molecular flexibility index (Phi) is 5.27. The number of para-hydroxylation sites is 1. The van der Waals surface area contributed by atoms with Crippen molar-refractivity contribution in [3.05, 3.63) is 65.2 Å². The van der Waals surface area contributed by atoms with Crippen LogP contribution in [0.3, 0.4) is 0 Å². The Hall–Kier alpha value is -2.78. The maximum Gasteiger partial charge on any atom is 0.471 e. The quantitative estimate of drug-likeness (QED) is 0.826. The van der Waals surface area contributed by atoms with Gasteiger partial charge in [-0.3, -0.25) is 4.79 Å². The zero-order valence-corrected chi connectivity index (χ0v) is 12.7. The Morgan fingerprint density at radius 2 is 1.88 bits per heavy atom. The normalized spacial score (nSPS) is 12.0. The molecule has 2 rings (SSSR count). The Bertz CT molecular complexity index is 804. The van der Waals surface area contributed by atoms with Crippen molar-refractivity contribution in [3.63, 3.8) is 0 Å². The highest BCUT2D eigenvalue weighted by atomic mass is 19.4. The fraction of sp³-hybridized carbons (Fsp3) is 0.167. The molecule has 1 atom stereocenters. The topological polar surface area (TPSA) is 49.3 Å². The summed E-state index contributed by atoms with van der Waals surface area (Å²) in [5.41, 5.74) is 1.65. The molecule has 1 amide bonds. The molecule has 2 aromatic carbocycles. The van der Waals surface area contributed by atoms with E-state index in [0.717, 1.165) is 5.56 Å². The molecule has 24 heavy (non-hydrogen) atoms. The second kappa shape index (κ2) is 7.20. The van der Waals surface area contributed by atoms with E-state index >= 15 is 0 Å². The largest absolute Gasteiger partial charge is 0.471 e. The molecule has 0 aliphatic carbocycles. The van der Waals surface area contributed by atoms with Crippen LogP contribution in [0.4, 0.5) is 18.9 Å². The fourth-order valence-corrected chi connectivity index (χ4v) is 1.96. The number of rotatable bonds is 2. The Balaban J connectivity index is 2.24. The molecule has 0 aliphatic heterocycles. The van der Waals surface area contributed by atoms with Gasteiger partial charge in [-0.05, 0) is 24.6 Å². The van der Waals surface area contributed by atoms with Gasteiger partial charge in [0.1, 0.15) is 6.10 Å². The number of halogens is 3. The number of benzene rings is 2. The first-order valence-electron chi connectivity index (χ1n) is 7.01. The van der Waals surface area contributed by atoms with E-state index in [-0.39, 0.29) is 11.3 Å². The summed E-state index contributed by atoms with van der Waals surface area (Å²) in [5, 5.41) is 11.8. The average molecular weight is 333 g/mol. The van der Waals surface area contributed by atoms with E-state index in [9.17, 15) is 23.1 Å². The summed E-state index contributed by atoms with van der Waals surface area (Å²) < 4.78 is 37.1. The van der Waals surface area contributed by atoms with Crippen LogP contribution in [0.15, 0.2) is 48.5 Å². The Morgan fingerprint density at radius 3 is 2.54 bits per heavy atom. The van der Waals surface area contributed by atoms with Crippen LogP contribution in [0.5, 0.6) is 0 Å². The summed E-state index contributed by atoms with van der Waals surface area (Å²) in [6, 6.07) is 12.9.